The summed E-state index contributed by atoms with van der Waals surface area (Å²) in [6, 6.07) is 8.75. The molecule has 2 rings (SSSR count). The Bertz CT molecular complexity index is 707. The first-order valence-corrected chi connectivity index (χ1v) is 11.2. The van der Waals surface area contributed by atoms with E-state index in [0.717, 1.165) is 34.9 Å². The predicted octanol–water partition coefficient (Wildman–Crippen LogP) is 8.30. The van der Waals surface area contributed by atoms with Crippen LogP contribution in [0.4, 0.5) is 26.3 Å². The minimum absolute atomic E-state index is 0. The van der Waals surface area contributed by atoms with E-state index >= 15 is 0 Å². The van der Waals surface area contributed by atoms with E-state index in [1.807, 2.05) is 0 Å². The monoisotopic (exact) mass is 632 g/mol. The lowest BCUT2D eigenvalue weighted by molar-refractivity contribution is -0.138. The first kappa shape index (κ1) is 31.2. The van der Waals surface area contributed by atoms with Gasteiger partial charge in [0.25, 0.3) is 0 Å². The van der Waals surface area contributed by atoms with E-state index in [-0.39, 0.29) is 18.9 Å². The van der Waals surface area contributed by atoms with Crippen molar-refractivity contribution in [3.05, 3.63) is 59.7 Å². The fourth-order valence-electron chi connectivity index (χ4n) is 1.60. The molecule has 0 aliphatic carbocycles. The molecule has 2 aromatic rings. The smallest absolute Gasteiger partial charge is 0.416 e. The Labute approximate surface area is 197 Å². The molecule has 0 fully saturated rings. The third kappa shape index (κ3) is 14.1. The molecule has 2 nitrogen and oxygen atoms in total. The third-order valence-corrected chi connectivity index (χ3v) is 4.93. The molecular weight excluding hydrogens is 614 g/mol. The van der Waals surface area contributed by atoms with Crippen molar-refractivity contribution in [3.8, 4) is 11.5 Å². The summed E-state index contributed by atoms with van der Waals surface area (Å²) in [6.07, 6.45) is -8.69. The number of benzene rings is 2. The van der Waals surface area contributed by atoms with Crippen LogP contribution in [0.15, 0.2) is 48.5 Å². The van der Waals surface area contributed by atoms with Crippen LogP contribution < -0.4 is 4.74 Å². The van der Waals surface area contributed by atoms with Gasteiger partial charge in [-0.3, -0.25) is 0 Å². The van der Waals surface area contributed by atoms with Crippen molar-refractivity contribution in [1.29, 1.82) is 0 Å². The maximum atomic E-state index is 12.2. The summed E-state index contributed by atoms with van der Waals surface area (Å²) in [5, 5.41) is 11.4. The summed E-state index contributed by atoms with van der Waals surface area (Å²) >= 11 is 9.52. The molecule has 0 heterocycles. The quantitative estimate of drug-likeness (QED) is 0.271. The van der Waals surface area contributed by atoms with Gasteiger partial charge in [-0.05, 0) is 36.4 Å². The van der Waals surface area contributed by atoms with E-state index in [1.165, 1.54) is 18.2 Å². The van der Waals surface area contributed by atoms with Gasteiger partial charge in [0.05, 0.1) is 17.7 Å². The van der Waals surface area contributed by atoms with Crippen molar-refractivity contribution < 1.29 is 36.2 Å². The fraction of sp³-hybridized carbons (Fsp3) is 0.368. The zero-order valence-electron chi connectivity index (χ0n) is 14.7. The highest BCUT2D eigenvalue weighted by Crippen LogP contribution is 2.31. The highest BCUT2D eigenvalue weighted by molar-refractivity contribution is 9.12. The Morgan fingerprint density at radius 2 is 1.20 bits per heavy atom. The van der Waals surface area contributed by atoms with Gasteiger partial charge >= 0.3 is 12.4 Å². The number of alkyl halides is 9. The Morgan fingerprint density at radius 1 is 0.733 bits per heavy atom. The number of hydrogen-bond donors (Lipinski definition) is 1. The molecule has 0 aromatic heterocycles. The summed E-state index contributed by atoms with van der Waals surface area (Å²) in [6.45, 7) is 0.349. The SMILES string of the molecule is BrCCBr.C.FC(F)(F)c1cccc(OCCBr)c1.Oc1cccc(C(F)(F)F)c1. The van der Waals surface area contributed by atoms with Gasteiger partial charge in [-0.25, -0.2) is 0 Å². The van der Waals surface area contributed by atoms with Crippen LogP contribution in [-0.4, -0.2) is 27.7 Å². The highest BCUT2D eigenvalue weighted by Gasteiger charge is 2.31. The first-order valence-electron chi connectivity index (χ1n) is 7.79. The van der Waals surface area contributed by atoms with E-state index in [9.17, 15) is 26.3 Å². The summed E-state index contributed by atoms with van der Waals surface area (Å²) in [4.78, 5) is 0. The van der Waals surface area contributed by atoms with Gasteiger partial charge in [-0.2, -0.15) is 26.3 Å². The lowest BCUT2D eigenvalue weighted by Gasteiger charge is -2.09. The molecule has 30 heavy (non-hydrogen) atoms. The van der Waals surface area contributed by atoms with E-state index in [1.54, 1.807) is 0 Å². The van der Waals surface area contributed by atoms with E-state index < -0.39 is 23.5 Å². The minimum atomic E-state index is -4.38. The van der Waals surface area contributed by atoms with Crippen LogP contribution >= 0.6 is 47.8 Å². The van der Waals surface area contributed by atoms with Crippen molar-refractivity contribution >= 4 is 47.8 Å². The van der Waals surface area contributed by atoms with Gasteiger partial charge in [0.2, 0.25) is 0 Å². The molecular formula is C19H21Br3F6O2. The highest BCUT2D eigenvalue weighted by atomic mass is 79.9. The molecule has 1 N–H and O–H groups in total. The maximum absolute atomic E-state index is 12.2. The average molecular weight is 635 g/mol. The Hall–Kier alpha value is -0.940. The lowest BCUT2D eigenvalue weighted by Crippen LogP contribution is -2.05. The van der Waals surface area contributed by atoms with Crippen LogP contribution in [0.2, 0.25) is 0 Å². The number of ether oxygens (including phenoxy) is 1. The topological polar surface area (TPSA) is 29.5 Å². The molecule has 0 spiro atoms. The van der Waals surface area contributed by atoms with Gasteiger partial charge in [-0.1, -0.05) is 67.3 Å². The van der Waals surface area contributed by atoms with Gasteiger partial charge in [0, 0.05) is 16.0 Å². The lowest BCUT2D eigenvalue weighted by atomic mass is 10.2. The minimum Gasteiger partial charge on any atom is -0.508 e. The Balaban J connectivity index is 0. The Kier molecular flexibility index (Phi) is 16.5. The van der Waals surface area contributed by atoms with Crippen molar-refractivity contribution in [2.45, 2.75) is 19.8 Å². The second kappa shape index (κ2) is 15.8. The molecule has 0 aliphatic rings. The Morgan fingerprint density at radius 3 is 1.57 bits per heavy atom. The fourth-order valence-corrected chi connectivity index (χ4v) is 1.76. The summed E-state index contributed by atoms with van der Waals surface area (Å²) in [5.74, 6) is -0.140. The summed E-state index contributed by atoms with van der Waals surface area (Å²) in [5.41, 5.74) is -1.53. The van der Waals surface area contributed by atoms with Crippen LogP contribution in [0.1, 0.15) is 18.6 Å². The molecule has 0 amide bonds. The molecule has 0 saturated carbocycles. The van der Waals surface area contributed by atoms with E-state index in [0.29, 0.717) is 18.0 Å². The van der Waals surface area contributed by atoms with Crippen molar-refractivity contribution in [1.82, 2.24) is 0 Å². The first-order chi connectivity index (χ1) is 13.5. The second-order valence-electron chi connectivity index (χ2n) is 4.99. The average Bonchev–Trinajstić information content (AvgIpc) is 2.66. The number of phenolic OH excluding ortho intramolecular Hbond substituents is 1. The zero-order chi connectivity index (χ0) is 22.5. The molecule has 0 atom stereocenters. The second-order valence-corrected chi connectivity index (χ2v) is 7.37. The van der Waals surface area contributed by atoms with E-state index in [2.05, 4.69) is 47.8 Å². The van der Waals surface area contributed by atoms with Crippen LogP contribution in [0.25, 0.3) is 0 Å². The number of halogens is 9. The standard InChI is InChI=1S/C9H8BrF3O.C7H5F3O.C2H4Br2.CH4/c10-4-5-14-8-3-1-2-7(6-8)9(11,12)13;8-7(9,10)5-2-1-3-6(11)4-5;3-1-2-4;/h1-3,6H,4-5H2;1-4,11H;1-2H2;1H4. The number of hydrogen-bond acceptors (Lipinski definition) is 2. The van der Waals surface area contributed by atoms with Crippen molar-refractivity contribution in [3.63, 3.8) is 0 Å². The van der Waals surface area contributed by atoms with Crippen LogP contribution in [0.5, 0.6) is 11.5 Å². The number of aromatic hydroxyl groups is 1. The van der Waals surface area contributed by atoms with Gasteiger partial charge in [-0.15, -0.1) is 0 Å². The normalized spacial score (nSPS) is 10.6. The molecule has 0 unspecified atom stereocenters. The van der Waals surface area contributed by atoms with Gasteiger partial charge in [0.1, 0.15) is 11.5 Å². The van der Waals surface area contributed by atoms with Gasteiger partial charge in [0.15, 0.2) is 0 Å². The van der Waals surface area contributed by atoms with Crippen LogP contribution in [0.3, 0.4) is 0 Å². The molecule has 172 valence electrons. The molecule has 2 aromatic carbocycles. The summed E-state index contributed by atoms with van der Waals surface area (Å²) < 4.78 is 77.3. The summed E-state index contributed by atoms with van der Waals surface area (Å²) in [7, 11) is 0. The zero-order valence-corrected chi connectivity index (χ0v) is 19.5. The maximum Gasteiger partial charge on any atom is 0.416 e. The third-order valence-electron chi connectivity index (χ3n) is 2.75. The molecule has 0 radical (unpaired) electrons. The van der Waals surface area contributed by atoms with Crippen LogP contribution in [0, 0.1) is 0 Å². The largest absolute Gasteiger partial charge is 0.508 e. The number of rotatable bonds is 4. The van der Waals surface area contributed by atoms with Crippen molar-refractivity contribution in [2.24, 2.45) is 0 Å². The van der Waals surface area contributed by atoms with Crippen molar-refractivity contribution in [2.75, 3.05) is 22.6 Å². The van der Waals surface area contributed by atoms with E-state index in [4.69, 9.17) is 9.84 Å². The molecule has 0 saturated heterocycles. The molecule has 11 heteroatoms. The number of phenols is 1. The predicted molar refractivity (Wildman–Crippen MR) is 118 cm³/mol. The van der Waals surface area contributed by atoms with Gasteiger partial charge < -0.3 is 9.84 Å². The van der Waals surface area contributed by atoms with Crippen LogP contribution in [-0.2, 0) is 12.4 Å². The molecule has 0 aliphatic heterocycles. The molecule has 0 bridgehead atoms.